The monoisotopic (exact) mass is 652 g/mol. The number of hydrogen-bond acceptors (Lipinski definition) is 3. The van der Waals surface area contributed by atoms with Crippen LogP contribution in [0.4, 0.5) is 0 Å². The quantitative estimate of drug-likeness (QED) is 0.186. The maximum absolute atomic E-state index is 5.06. The van der Waals surface area contributed by atoms with Crippen molar-refractivity contribution in [1.29, 1.82) is 0 Å². The van der Waals surface area contributed by atoms with Gasteiger partial charge in [-0.3, -0.25) is 0 Å². The van der Waals surface area contributed by atoms with Crippen LogP contribution in [0.15, 0.2) is 176 Å². The van der Waals surface area contributed by atoms with Gasteiger partial charge in [0.2, 0.25) is 0 Å². The average Bonchev–Trinajstić information content (AvgIpc) is 3.56. The summed E-state index contributed by atoms with van der Waals surface area (Å²) in [5.41, 5.74) is 7.62. The number of rotatable bonds is 5. The van der Waals surface area contributed by atoms with Crippen LogP contribution in [0.1, 0.15) is 17.9 Å². The lowest BCUT2D eigenvalue weighted by atomic mass is 9.87. The minimum Gasteiger partial charge on any atom is -0.309 e. The molecule has 2 heterocycles. The predicted octanol–water partition coefficient (Wildman–Crippen LogP) is 11.9. The summed E-state index contributed by atoms with van der Waals surface area (Å²) in [5, 5.41) is 7.63. The van der Waals surface area contributed by atoms with Crippen molar-refractivity contribution in [1.82, 2.24) is 19.5 Å². The van der Waals surface area contributed by atoms with E-state index in [0.717, 1.165) is 28.8 Å². The molecule has 0 N–H and O–H groups in total. The fourth-order valence-corrected chi connectivity index (χ4v) is 7.78. The molecule has 51 heavy (non-hydrogen) atoms. The summed E-state index contributed by atoms with van der Waals surface area (Å²) in [6.45, 7) is 0. The van der Waals surface area contributed by atoms with Gasteiger partial charge in [-0.1, -0.05) is 152 Å². The maximum Gasteiger partial charge on any atom is 0.164 e. The first-order valence-electron chi connectivity index (χ1n) is 17.5. The lowest BCUT2D eigenvalue weighted by molar-refractivity contribution is 0.862. The minimum absolute atomic E-state index is 0.303. The van der Waals surface area contributed by atoms with E-state index in [0.29, 0.717) is 23.4 Å². The largest absolute Gasteiger partial charge is 0.309 e. The average molecular weight is 653 g/mol. The van der Waals surface area contributed by atoms with Crippen molar-refractivity contribution < 1.29 is 0 Å². The Morgan fingerprint density at radius 2 is 1.08 bits per heavy atom. The molecule has 10 rings (SSSR count). The maximum atomic E-state index is 5.06. The van der Waals surface area contributed by atoms with Crippen LogP contribution in [0.2, 0.25) is 0 Å². The van der Waals surface area contributed by atoms with Crippen molar-refractivity contribution in [2.24, 2.45) is 0 Å². The Balaban J connectivity index is 1.25. The van der Waals surface area contributed by atoms with Gasteiger partial charge in [-0.15, -0.1) is 0 Å². The Morgan fingerprint density at radius 1 is 0.471 bits per heavy atom. The van der Waals surface area contributed by atoms with Crippen LogP contribution < -0.4 is 0 Å². The first kappa shape index (κ1) is 29.3. The molecule has 0 saturated heterocycles. The smallest absolute Gasteiger partial charge is 0.164 e. The molecule has 1 atom stereocenters. The lowest BCUT2D eigenvalue weighted by Crippen LogP contribution is -2.01. The summed E-state index contributed by atoms with van der Waals surface area (Å²) in [4.78, 5) is 15.0. The van der Waals surface area contributed by atoms with Crippen molar-refractivity contribution >= 4 is 43.4 Å². The van der Waals surface area contributed by atoms with Crippen LogP contribution >= 0.6 is 0 Å². The fraction of sp³-hybridized carbons (Fsp3) is 0.0426. The second kappa shape index (κ2) is 12.0. The zero-order valence-electron chi connectivity index (χ0n) is 27.8. The van der Waals surface area contributed by atoms with Gasteiger partial charge < -0.3 is 4.57 Å². The van der Waals surface area contributed by atoms with Gasteiger partial charge in [0.1, 0.15) is 0 Å². The molecule has 1 aliphatic carbocycles. The molecule has 7 aromatic carbocycles. The molecule has 0 saturated carbocycles. The third kappa shape index (κ3) is 4.95. The molecule has 4 heteroatoms. The second-order valence-corrected chi connectivity index (χ2v) is 13.2. The van der Waals surface area contributed by atoms with E-state index in [4.69, 9.17) is 15.0 Å². The van der Waals surface area contributed by atoms with E-state index in [-0.39, 0.29) is 0 Å². The standard InChI is InChI=1S/C47H32N4/c1-4-15-31(16-5-1)40-30-42-44(39-26-13-12-25-38(39)40)43-37-24-11-10-17-32(37)27-28-41(43)51(42)36-23-14-22-35(29-36)47-49-45(33-18-6-2-7-19-33)48-46(50-47)34-20-8-3-9-21-34/h1-15,17-31H,16H2. The molecular formula is C47H32N4. The van der Waals surface area contributed by atoms with E-state index < -0.39 is 0 Å². The summed E-state index contributed by atoms with van der Waals surface area (Å²) in [6, 6.07) is 53.6. The number of allylic oxidation sites excluding steroid dienone is 4. The van der Waals surface area contributed by atoms with E-state index in [9.17, 15) is 0 Å². The van der Waals surface area contributed by atoms with Gasteiger partial charge in [-0.25, -0.2) is 15.0 Å². The van der Waals surface area contributed by atoms with Crippen molar-refractivity contribution in [3.63, 3.8) is 0 Å². The van der Waals surface area contributed by atoms with Crippen molar-refractivity contribution in [2.75, 3.05) is 0 Å². The number of hydrogen-bond donors (Lipinski definition) is 0. The van der Waals surface area contributed by atoms with Crippen LogP contribution in [0.3, 0.4) is 0 Å². The normalized spacial score (nSPS) is 14.2. The Morgan fingerprint density at radius 3 is 1.78 bits per heavy atom. The highest BCUT2D eigenvalue weighted by molar-refractivity contribution is 6.29. The van der Waals surface area contributed by atoms with Crippen molar-refractivity contribution in [2.45, 2.75) is 12.3 Å². The van der Waals surface area contributed by atoms with Crippen LogP contribution in [0.25, 0.3) is 83.2 Å². The van der Waals surface area contributed by atoms with Crippen LogP contribution in [0, 0.1) is 0 Å². The zero-order chi connectivity index (χ0) is 33.7. The Kier molecular flexibility index (Phi) is 6.91. The van der Waals surface area contributed by atoms with Gasteiger partial charge >= 0.3 is 0 Å². The molecule has 2 aromatic heterocycles. The van der Waals surface area contributed by atoms with Gasteiger partial charge in [0, 0.05) is 39.1 Å². The van der Waals surface area contributed by atoms with Gasteiger partial charge in [0.25, 0.3) is 0 Å². The van der Waals surface area contributed by atoms with E-state index in [1.807, 2.05) is 60.7 Å². The molecule has 0 fully saturated rings. The number of aromatic nitrogens is 4. The summed E-state index contributed by atoms with van der Waals surface area (Å²) < 4.78 is 2.44. The summed E-state index contributed by atoms with van der Waals surface area (Å²) in [7, 11) is 0. The molecule has 0 amide bonds. The summed E-state index contributed by atoms with van der Waals surface area (Å²) in [5.74, 6) is 2.25. The highest BCUT2D eigenvalue weighted by Gasteiger charge is 2.22. The molecule has 0 bridgehead atoms. The third-order valence-corrected chi connectivity index (χ3v) is 10.1. The van der Waals surface area contributed by atoms with E-state index in [2.05, 4.69) is 120 Å². The number of fused-ring (bicyclic) bond motifs is 7. The van der Waals surface area contributed by atoms with Gasteiger partial charge in [0.15, 0.2) is 17.5 Å². The van der Waals surface area contributed by atoms with E-state index in [1.54, 1.807) is 0 Å². The second-order valence-electron chi connectivity index (χ2n) is 13.2. The fourth-order valence-electron chi connectivity index (χ4n) is 7.78. The minimum atomic E-state index is 0.303. The molecule has 0 spiro atoms. The molecule has 0 radical (unpaired) electrons. The molecule has 4 nitrogen and oxygen atoms in total. The van der Waals surface area contributed by atoms with Crippen molar-refractivity contribution in [3.8, 4) is 39.9 Å². The number of benzene rings is 7. The van der Waals surface area contributed by atoms with Gasteiger partial charge in [-0.05, 0) is 57.8 Å². The van der Waals surface area contributed by atoms with Gasteiger partial charge in [0.05, 0.1) is 11.0 Å². The van der Waals surface area contributed by atoms with Crippen LogP contribution in [-0.4, -0.2) is 19.5 Å². The predicted molar refractivity (Wildman–Crippen MR) is 211 cm³/mol. The van der Waals surface area contributed by atoms with E-state index in [1.165, 1.54) is 48.9 Å². The van der Waals surface area contributed by atoms with E-state index >= 15 is 0 Å². The number of nitrogens with zero attached hydrogens (tertiary/aromatic N) is 4. The topological polar surface area (TPSA) is 43.6 Å². The highest BCUT2D eigenvalue weighted by Crippen LogP contribution is 2.44. The SMILES string of the molecule is C1=CCC(c2cc3c(c4ccccc24)c2c4ccccc4ccc2n3-c2cccc(-c3nc(-c4ccccc4)nc(-c4ccccc4)n3)c2)C=C1. The molecule has 1 unspecified atom stereocenters. The Hall–Kier alpha value is -6.65. The van der Waals surface area contributed by atoms with Gasteiger partial charge in [-0.2, -0.15) is 0 Å². The van der Waals surface area contributed by atoms with Crippen LogP contribution in [-0.2, 0) is 0 Å². The molecule has 9 aromatic rings. The molecule has 240 valence electrons. The Labute approximate surface area is 295 Å². The first-order valence-corrected chi connectivity index (χ1v) is 17.5. The van der Waals surface area contributed by atoms with Crippen molar-refractivity contribution in [3.05, 3.63) is 182 Å². The lowest BCUT2D eigenvalue weighted by Gasteiger charge is -2.18. The molecular weight excluding hydrogens is 621 g/mol. The molecule has 0 aliphatic heterocycles. The summed E-state index contributed by atoms with van der Waals surface area (Å²) in [6.07, 6.45) is 9.93. The highest BCUT2D eigenvalue weighted by atomic mass is 15.0. The Bertz CT molecular complexity index is 2770. The molecule has 1 aliphatic rings. The first-order chi connectivity index (χ1) is 25.3. The van der Waals surface area contributed by atoms with Crippen LogP contribution in [0.5, 0.6) is 0 Å². The zero-order valence-corrected chi connectivity index (χ0v) is 27.8. The summed E-state index contributed by atoms with van der Waals surface area (Å²) >= 11 is 0. The third-order valence-electron chi connectivity index (χ3n) is 10.1.